The maximum atomic E-state index is 8.73. The molecule has 0 fully saturated rings. The third-order valence-corrected chi connectivity index (χ3v) is 2.96. The number of nitrogens with zero attached hydrogens (tertiary/aromatic N) is 2. The molecule has 0 saturated carbocycles. The van der Waals surface area contributed by atoms with Crippen LogP contribution in [0, 0.1) is 17.2 Å². The number of hydrogen-bond donors (Lipinski definition) is 0. The molecule has 0 spiro atoms. The van der Waals surface area contributed by atoms with E-state index in [2.05, 4.69) is 38.7 Å². The van der Waals surface area contributed by atoms with Gasteiger partial charge in [-0.3, -0.25) is 4.90 Å². The maximum absolute atomic E-state index is 8.73. The Morgan fingerprint density at radius 2 is 1.86 bits per heavy atom. The van der Waals surface area contributed by atoms with Crippen LogP contribution in [0.4, 0.5) is 0 Å². The van der Waals surface area contributed by atoms with E-state index in [-0.39, 0.29) is 0 Å². The van der Waals surface area contributed by atoms with E-state index < -0.39 is 0 Å². The minimum atomic E-state index is 0.457. The van der Waals surface area contributed by atoms with E-state index in [4.69, 9.17) is 5.26 Å². The molecule has 2 atom stereocenters. The molecule has 0 radical (unpaired) electrons. The predicted octanol–water partition coefficient (Wildman–Crippen LogP) is 3.05. The first-order valence-corrected chi connectivity index (χ1v) is 5.80. The summed E-state index contributed by atoms with van der Waals surface area (Å²) in [5.41, 5.74) is 0. The summed E-state index contributed by atoms with van der Waals surface area (Å²) in [5.74, 6) is 0.739. The van der Waals surface area contributed by atoms with Gasteiger partial charge >= 0.3 is 0 Å². The Morgan fingerprint density at radius 3 is 2.21 bits per heavy atom. The van der Waals surface area contributed by atoms with Crippen LogP contribution in [0.25, 0.3) is 0 Å². The lowest BCUT2D eigenvalue weighted by Gasteiger charge is -2.30. The zero-order valence-electron chi connectivity index (χ0n) is 10.1. The van der Waals surface area contributed by atoms with Gasteiger partial charge in [0.1, 0.15) is 0 Å². The van der Waals surface area contributed by atoms with Crippen LogP contribution in [0.2, 0.25) is 0 Å². The molecule has 0 aliphatic carbocycles. The van der Waals surface area contributed by atoms with Crippen molar-refractivity contribution in [2.45, 2.75) is 53.0 Å². The van der Waals surface area contributed by atoms with Crippen molar-refractivity contribution in [1.82, 2.24) is 4.90 Å². The van der Waals surface area contributed by atoms with Gasteiger partial charge < -0.3 is 0 Å². The third kappa shape index (κ3) is 4.62. The molecule has 0 rings (SSSR count). The zero-order chi connectivity index (χ0) is 11.0. The fourth-order valence-electron chi connectivity index (χ4n) is 1.70. The summed E-state index contributed by atoms with van der Waals surface area (Å²) in [4.78, 5) is 2.44. The summed E-state index contributed by atoms with van der Waals surface area (Å²) in [7, 11) is 0. The zero-order valence-corrected chi connectivity index (χ0v) is 10.1. The van der Waals surface area contributed by atoms with E-state index in [1.165, 1.54) is 6.42 Å². The van der Waals surface area contributed by atoms with Gasteiger partial charge in [-0.1, -0.05) is 34.1 Å². The van der Waals surface area contributed by atoms with Gasteiger partial charge in [0.2, 0.25) is 0 Å². The minimum absolute atomic E-state index is 0.457. The van der Waals surface area contributed by atoms with Crippen molar-refractivity contribution in [2.24, 2.45) is 5.92 Å². The highest BCUT2D eigenvalue weighted by Gasteiger charge is 2.16. The summed E-state index contributed by atoms with van der Waals surface area (Å²) >= 11 is 0. The lowest BCUT2D eigenvalue weighted by Crippen LogP contribution is -2.37. The van der Waals surface area contributed by atoms with Crippen molar-refractivity contribution in [2.75, 3.05) is 13.1 Å². The van der Waals surface area contributed by atoms with Crippen LogP contribution in [-0.4, -0.2) is 24.0 Å². The van der Waals surface area contributed by atoms with E-state index in [1.807, 2.05) is 0 Å². The SMILES string of the molecule is CCC(C)CN(CC)C(CC)CC#N. The second kappa shape index (κ2) is 7.82. The smallest absolute Gasteiger partial charge is 0.0638 e. The molecule has 0 N–H and O–H groups in total. The van der Waals surface area contributed by atoms with E-state index in [0.29, 0.717) is 12.5 Å². The summed E-state index contributed by atoms with van der Waals surface area (Å²) in [6.07, 6.45) is 2.97. The van der Waals surface area contributed by atoms with Crippen molar-refractivity contribution in [3.8, 4) is 6.07 Å². The van der Waals surface area contributed by atoms with Crippen LogP contribution in [0.3, 0.4) is 0 Å². The first kappa shape index (κ1) is 13.4. The standard InChI is InChI=1S/C12H24N2/c1-5-11(4)10-14(7-3)12(6-2)8-9-13/h11-12H,5-8,10H2,1-4H3. The molecule has 0 bridgehead atoms. The van der Waals surface area contributed by atoms with Gasteiger partial charge in [-0.05, 0) is 18.9 Å². The second-order valence-corrected chi connectivity index (χ2v) is 4.03. The van der Waals surface area contributed by atoms with E-state index in [1.54, 1.807) is 0 Å². The van der Waals surface area contributed by atoms with Crippen LogP contribution < -0.4 is 0 Å². The number of hydrogen-bond acceptors (Lipinski definition) is 2. The molecule has 2 heteroatoms. The van der Waals surface area contributed by atoms with Gasteiger partial charge in [-0.15, -0.1) is 0 Å². The summed E-state index contributed by atoms with van der Waals surface area (Å²) in [6.45, 7) is 11.0. The Morgan fingerprint density at radius 1 is 1.21 bits per heavy atom. The van der Waals surface area contributed by atoms with Gasteiger partial charge in [0.05, 0.1) is 12.5 Å². The van der Waals surface area contributed by atoms with Crippen LogP contribution in [0.15, 0.2) is 0 Å². The van der Waals surface area contributed by atoms with Crippen LogP contribution in [0.5, 0.6) is 0 Å². The van der Waals surface area contributed by atoms with E-state index in [9.17, 15) is 0 Å². The maximum Gasteiger partial charge on any atom is 0.0638 e. The van der Waals surface area contributed by atoms with Crippen molar-refractivity contribution in [3.63, 3.8) is 0 Å². The molecule has 0 aromatic rings. The number of nitriles is 1. The third-order valence-electron chi connectivity index (χ3n) is 2.96. The molecule has 82 valence electrons. The lowest BCUT2D eigenvalue weighted by atomic mass is 10.0. The van der Waals surface area contributed by atoms with Gasteiger partial charge in [0.15, 0.2) is 0 Å². The highest BCUT2D eigenvalue weighted by Crippen LogP contribution is 2.12. The van der Waals surface area contributed by atoms with Crippen molar-refractivity contribution >= 4 is 0 Å². The Bertz CT molecular complexity index is 172. The molecule has 2 nitrogen and oxygen atoms in total. The molecule has 14 heavy (non-hydrogen) atoms. The summed E-state index contributed by atoms with van der Waals surface area (Å²) in [6, 6.07) is 2.74. The monoisotopic (exact) mass is 196 g/mol. The molecule has 0 aromatic heterocycles. The molecule has 0 aromatic carbocycles. The molecule has 0 amide bonds. The lowest BCUT2D eigenvalue weighted by molar-refractivity contribution is 0.175. The average molecular weight is 196 g/mol. The Labute approximate surface area is 88.9 Å². The van der Waals surface area contributed by atoms with Crippen LogP contribution >= 0.6 is 0 Å². The molecular formula is C12H24N2. The fraction of sp³-hybridized carbons (Fsp3) is 0.917. The van der Waals surface area contributed by atoms with Crippen LogP contribution in [-0.2, 0) is 0 Å². The largest absolute Gasteiger partial charge is 0.299 e. The minimum Gasteiger partial charge on any atom is -0.299 e. The van der Waals surface area contributed by atoms with Gasteiger partial charge in [0.25, 0.3) is 0 Å². The van der Waals surface area contributed by atoms with Crippen molar-refractivity contribution in [1.29, 1.82) is 5.26 Å². The predicted molar refractivity (Wildman–Crippen MR) is 61.0 cm³/mol. The average Bonchev–Trinajstić information content (AvgIpc) is 2.22. The molecule has 0 heterocycles. The van der Waals surface area contributed by atoms with Crippen molar-refractivity contribution < 1.29 is 0 Å². The highest BCUT2D eigenvalue weighted by atomic mass is 15.1. The summed E-state index contributed by atoms with van der Waals surface area (Å²) in [5, 5.41) is 8.73. The second-order valence-electron chi connectivity index (χ2n) is 4.03. The van der Waals surface area contributed by atoms with Gasteiger partial charge in [-0.2, -0.15) is 5.26 Å². The molecule has 2 unspecified atom stereocenters. The first-order valence-electron chi connectivity index (χ1n) is 5.80. The molecule has 0 aliphatic heterocycles. The Hall–Kier alpha value is -0.550. The highest BCUT2D eigenvalue weighted by molar-refractivity contribution is 4.82. The van der Waals surface area contributed by atoms with Gasteiger partial charge in [0, 0.05) is 12.6 Å². The topological polar surface area (TPSA) is 27.0 Å². The molecule has 0 aliphatic rings. The summed E-state index contributed by atoms with van der Waals surface area (Å²) < 4.78 is 0. The van der Waals surface area contributed by atoms with E-state index >= 15 is 0 Å². The van der Waals surface area contributed by atoms with Crippen LogP contribution in [0.1, 0.15) is 47.0 Å². The van der Waals surface area contributed by atoms with E-state index in [0.717, 1.165) is 25.4 Å². The first-order chi connectivity index (χ1) is 6.69. The van der Waals surface area contributed by atoms with Crippen molar-refractivity contribution in [3.05, 3.63) is 0 Å². The Balaban J connectivity index is 4.15. The Kier molecular flexibility index (Phi) is 7.51. The normalized spacial score (nSPS) is 15.1. The quantitative estimate of drug-likeness (QED) is 0.626. The fourth-order valence-corrected chi connectivity index (χ4v) is 1.70. The number of rotatable bonds is 7. The molecular weight excluding hydrogens is 172 g/mol. The molecule has 0 saturated heterocycles. The van der Waals surface area contributed by atoms with Gasteiger partial charge in [-0.25, -0.2) is 0 Å².